The zero-order valence-corrected chi connectivity index (χ0v) is 16.0. The van der Waals surface area contributed by atoms with E-state index < -0.39 is 11.9 Å². The van der Waals surface area contributed by atoms with Gasteiger partial charge < -0.3 is 10.2 Å². The number of hydrogen-bond acceptors (Lipinski definition) is 5. The third-order valence-electron chi connectivity index (χ3n) is 4.73. The lowest BCUT2D eigenvalue weighted by Crippen LogP contribution is -2.09. The van der Waals surface area contributed by atoms with Gasteiger partial charge in [0.15, 0.2) is 0 Å². The molecule has 0 unspecified atom stereocenters. The second kappa shape index (κ2) is 6.92. The smallest absolute Gasteiger partial charge is 0.304 e. The highest BCUT2D eigenvalue weighted by Gasteiger charge is 2.24. The molecule has 0 radical (unpaired) electrons. The molecule has 6 nitrogen and oxygen atoms in total. The predicted octanol–water partition coefficient (Wildman–Crippen LogP) is 3.94. The number of benzene rings is 2. The first-order chi connectivity index (χ1) is 13.0. The highest BCUT2D eigenvalue weighted by Crippen LogP contribution is 2.39. The van der Waals surface area contributed by atoms with Crippen LogP contribution in [0.2, 0.25) is 5.02 Å². The number of carbonyl (C=O) groups is 1. The number of aliphatic carboxylic acids is 1. The Balaban J connectivity index is 1.92. The van der Waals surface area contributed by atoms with Crippen molar-refractivity contribution in [3.8, 4) is 0 Å². The number of nitrogens with zero attached hydrogens (tertiary/aromatic N) is 3. The second-order valence-corrected chi connectivity index (χ2v) is 7.67. The van der Waals surface area contributed by atoms with Crippen molar-refractivity contribution in [3.63, 3.8) is 0 Å². The zero-order chi connectivity index (χ0) is 19.1. The van der Waals surface area contributed by atoms with Gasteiger partial charge in [-0.2, -0.15) is 0 Å². The number of aliphatic hydroxyl groups excluding tert-OH is 1. The molecule has 138 valence electrons. The van der Waals surface area contributed by atoms with Gasteiger partial charge in [-0.05, 0) is 45.7 Å². The number of carboxylic acid groups (broad SMARTS) is 1. The lowest BCUT2D eigenvalue weighted by Gasteiger charge is -2.19. The number of aryl methyl sites for hydroxylation is 1. The Labute approximate surface area is 163 Å². The van der Waals surface area contributed by atoms with Crippen LogP contribution in [0.3, 0.4) is 0 Å². The molecule has 4 aromatic rings. The van der Waals surface area contributed by atoms with Crippen LogP contribution >= 0.6 is 22.9 Å². The van der Waals surface area contributed by atoms with Crippen molar-refractivity contribution in [1.29, 1.82) is 0 Å². The number of rotatable bonds is 5. The minimum absolute atomic E-state index is 0.110. The highest BCUT2D eigenvalue weighted by atomic mass is 35.5. The Morgan fingerprint density at radius 1 is 1.33 bits per heavy atom. The Morgan fingerprint density at radius 3 is 2.89 bits per heavy atom. The lowest BCUT2D eigenvalue weighted by atomic mass is 9.87. The van der Waals surface area contributed by atoms with E-state index in [-0.39, 0.29) is 13.0 Å². The van der Waals surface area contributed by atoms with Crippen LogP contribution in [0.15, 0.2) is 35.7 Å². The SMILES string of the molecule is Cn1nnc2c(Cl)c([C@@H](CC(=O)O)c3cc(CO)c4sccc4c3)ccc21. The van der Waals surface area contributed by atoms with E-state index in [9.17, 15) is 15.0 Å². The molecule has 0 aliphatic carbocycles. The van der Waals surface area contributed by atoms with Crippen molar-refractivity contribution in [2.75, 3.05) is 0 Å². The van der Waals surface area contributed by atoms with Crippen LogP contribution in [0.5, 0.6) is 0 Å². The molecule has 0 fully saturated rings. The van der Waals surface area contributed by atoms with E-state index in [1.807, 2.05) is 35.7 Å². The van der Waals surface area contributed by atoms with Crippen LogP contribution in [0.25, 0.3) is 21.1 Å². The van der Waals surface area contributed by atoms with Gasteiger partial charge >= 0.3 is 5.97 Å². The summed E-state index contributed by atoms with van der Waals surface area (Å²) in [6, 6.07) is 9.48. The number of carboxylic acids is 1. The summed E-state index contributed by atoms with van der Waals surface area (Å²) in [6.45, 7) is -0.110. The first kappa shape index (κ1) is 17.9. The van der Waals surface area contributed by atoms with Crippen molar-refractivity contribution in [2.24, 2.45) is 7.05 Å². The molecule has 4 rings (SSSR count). The average molecular weight is 402 g/mol. The van der Waals surface area contributed by atoms with E-state index in [1.165, 1.54) is 0 Å². The van der Waals surface area contributed by atoms with Crippen LogP contribution in [-0.4, -0.2) is 31.2 Å². The molecule has 8 heteroatoms. The number of fused-ring (bicyclic) bond motifs is 2. The first-order valence-electron chi connectivity index (χ1n) is 8.30. The van der Waals surface area contributed by atoms with Crippen LogP contribution in [0.4, 0.5) is 0 Å². The van der Waals surface area contributed by atoms with Crippen molar-refractivity contribution < 1.29 is 15.0 Å². The summed E-state index contributed by atoms with van der Waals surface area (Å²) in [5.41, 5.74) is 3.60. The minimum Gasteiger partial charge on any atom is -0.481 e. The Kier molecular flexibility index (Phi) is 4.59. The standard InChI is InChI=1S/C19H16ClN3O3S/c1-23-15-3-2-13(17(20)18(15)21-22-23)14(8-16(25)26)11-6-10-4-5-27-19(10)12(7-11)9-24/h2-7,14,24H,8-9H2,1H3,(H,25,26)/t14-/m0/s1. The monoisotopic (exact) mass is 401 g/mol. The van der Waals surface area contributed by atoms with E-state index in [2.05, 4.69) is 10.3 Å². The molecule has 2 N–H and O–H groups in total. The van der Waals surface area contributed by atoms with Gasteiger partial charge in [0.1, 0.15) is 5.52 Å². The summed E-state index contributed by atoms with van der Waals surface area (Å²) >= 11 is 8.15. The topological polar surface area (TPSA) is 88.2 Å². The van der Waals surface area contributed by atoms with Gasteiger partial charge in [0.05, 0.1) is 23.6 Å². The summed E-state index contributed by atoms with van der Waals surface area (Å²) in [7, 11) is 1.78. The molecule has 2 aromatic carbocycles. The van der Waals surface area contributed by atoms with E-state index in [1.54, 1.807) is 23.1 Å². The highest BCUT2D eigenvalue weighted by molar-refractivity contribution is 7.17. The zero-order valence-electron chi connectivity index (χ0n) is 14.4. The van der Waals surface area contributed by atoms with Crippen molar-refractivity contribution in [2.45, 2.75) is 18.9 Å². The van der Waals surface area contributed by atoms with Crippen LogP contribution in [-0.2, 0) is 18.4 Å². The van der Waals surface area contributed by atoms with Gasteiger partial charge in [-0.3, -0.25) is 4.79 Å². The molecule has 27 heavy (non-hydrogen) atoms. The van der Waals surface area contributed by atoms with E-state index in [4.69, 9.17) is 11.6 Å². The summed E-state index contributed by atoms with van der Waals surface area (Å²) in [5, 5.41) is 30.7. The summed E-state index contributed by atoms with van der Waals surface area (Å²) in [5.74, 6) is -1.39. The first-order valence-corrected chi connectivity index (χ1v) is 9.55. The predicted molar refractivity (Wildman–Crippen MR) is 105 cm³/mol. The fraction of sp³-hybridized carbons (Fsp3) is 0.211. The van der Waals surface area contributed by atoms with E-state index in [0.717, 1.165) is 26.7 Å². The fourth-order valence-corrected chi connectivity index (χ4v) is 4.66. The number of hydrogen-bond donors (Lipinski definition) is 2. The molecule has 2 aromatic heterocycles. The Hall–Kier alpha value is -2.48. The number of aromatic nitrogens is 3. The Bertz CT molecular complexity index is 1170. The third kappa shape index (κ3) is 3.07. The molecule has 1 atom stereocenters. The molecule has 0 aliphatic heterocycles. The molecule has 0 saturated carbocycles. The second-order valence-electron chi connectivity index (χ2n) is 6.38. The average Bonchev–Trinajstić information content (AvgIpc) is 3.26. The molecule has 2 heterocycles. The van der Waals surface area contributed by atoms with Crippen LogP contribution in [0, 0.1) is 0 Å². The third-order valence-corrected chi connectivity index (χ3v) is 6.13. The molecule has 0 spiro atoms. The number of halogens is 1. The Morgan fingerprint density at radius 2 is 2.15 bits per heavy atom. The molecule has 0 bridgehead atoms. The molecule has 0 amide bonds. The van der Waals surface area contributed by atoms with Gasteiger partial charge in [-0.25, -0.2) is 4.68 Å². The van der Waals surface area contributed by atoms with Gasteiger partial charge in [0, 0.05) is 17.7 Å². The maximum absolute atomic E-state index is 11.6. The fourth-order valence-electron chi connectivity index (χ4n) is 3.44. The largest absolute Gasteiger partial charge is 0.481 e. The van der Waals surface area contributed by atoms with Crippen LogP contribution < -0.4 is 0 Å². The van der Waals surface area contributed by atoms with Gasteiger partial charge in [0.25, 0.3) is 0 Å². The number of thiophene rings is 1. The maximum Gasteiger partial charge on any atom is 0.304 e. The number of aliphatic hydroxyl groups is 1. The van der Waals surface area contributed by atoms with E-state index in [0.29, 0.717) is 16.1 Å². The van der Waals surface area contributed by atoms with Crippen molar-refractivity contribution in [1.82, 2.24) is 15.0 Å². The van der Waals surface area contributed by atoms with Gasteiger partial charge in [-0.1, -0.05) is 28.9 Å². The van der Waals surface area contributed by atoms with E-state index >= 15 is 0 Å². The maximum atomic E-state index is 11.6. The molecule has 0 saturated heterocycles. The van der Waals surface area contributed by atoms with Crippen LogP contribution in [0.1, 0.15) is 29.0 Å². The van der Waals surface area contributed by atoms with Crippen molar-refractivity contribution in [3.05, 3.63) is 57.4 Å². The van der Waals surface area contributed by atoms with Gasteiger partial charge in [-0.15, -0.1) is 16.4 Å². The summed E-state index contributed by atoms with van der Waals surface area (Å²) < 4.78 is 2.63. The molecule has 0 aliphatic rings. The lowest BCUT2D eigenvalue weighted by molar-refractivity contribution is -0.137. The quantitative estimate of drug-likeness (QED) is 0.529. The van der Waals surface area contributed by atoms with Gasteiger partial charge in [0.2, 0.25) is 0 Å². The molecular weight excluding hydrogens is 386 g/mol. The molecular formula is C19H16ClN3O3S. The summed E-state index contributed by atoms with van der Waals surface area (Å²) in [6.07, 6.45) is -0.119. The van der Waals surface area contributed by atoms with Crippen molar-refractivity contribution >= 4 is 50.0 Å². The summed E-state index contributed by atoms with van der Waals surface area (Å²) in [4.78, 5) is 11.6. The minimum atomic E-state index is -0.925. The normalized spacial score (nSPS) is 12.7.